The Hall–Kier alpha value is -2.09. The molecule has 136 valence electrons. The second kappa shape index (κ2) is 6.67. The number of alkyl halides is 7. The number of hydrogen-bond donors (Lipinski definition) is 1. The zero-order valence-electron chi connectivity index (χ0n) is 12.6. The molecule has 25 heavy (non-hydrogen) atoms. The SMILES string of the molecule is OC(CC(F)(C(F)(F)F)C(F)(F)F)c1cccc(-c2ccccc2)c1. The summed E-state index contributed by atoms with van der Waals surface area (Å²) < 4.78 is 89.4. The van der Waals surface area contributed by atoms with Crippen LogP contribution in [0.4, 0.5) is 30.7 Å². The summed E-state index contributed by atoms with van der Waals surface area (Å²) in [5.74, 6) is 0. The molecule has 0 aliphatic rings. The van der Waals surface area contributed by atoms with E-state index in [1.807, 2.05) is 0 Å². The van der Waals surface area contributed by atoms with Crippen LogP contribution in [0.15, 0.2) is 54.6 Å². The molecule has 0 fully saturated rings. The Morgan fingerprint density at radius 1 is 0.720 bits per heavy atom. The molecule has 0 amide bonds. The van der Waals surface area contributed by atoms with Crippen LogP contribution in [0.1, 0.15) is 18.1 Å². The van der Waals surface area contributed by atoms with Crippen molar-refractivity contribution in [2.45, 2.75) is 30.5 Å². The summed E-state index contributed by atoms with van der Waals surface area (Å²) in [5.41, 5.74) is -4.62. The van der Waals surface area contributed by atoms with Gasteiger partial charge in [-0.1, -0.05) is 48.5 Å². The molecule has 0 radical (unpaired) electrons. The fourth-order valence-electron chi connectivity index (χ4n) is 2.33. The fraction of sp³-hybridized carbons (Fsp3) is 0.294. The number of halogens is 7. The van der Waals surface area contributed by atoms with Crippen molar-refractivity contribution in [1.29, 1.82) is 0 Å². The topological polar surface area (TPSA) is 20.2 Å². The highest BCUT2D eigenvalue weighted by molar-refractivity contribution is 5.64. The Labute approximate surface area is 138 Å². The largest absolute Gasteiger partial charge is 0.431 e. The van der Waals surface area contributed by atoms with Gasteiger partial charge in [0.1, 0.15) is 0 Å². The summed E-state index contributed by atoms with van der Waals surface area (Å²) in [6.07, 6.45) is -16.8. The average Bonchev–Trinajstić information content (AvgIpc) is 2.53. The average molecular weight is 366 g/mol. The highest BCUT2D eigenvalue weighted by Gasteiger charge is 2.72. The van der Waals surface area contributed by atoms with Crippen LogP contribution in [0.2, 0.25) is 0 Å². The zero-order chi connectivity index (χ0) is 18.9. The van der Waals surface area contributed by atoms with E-state index in [1.165, 1.54) is 12.1 Å². The molecule has 0 aliphatic carbocycles. The number of benzene rings is 2. The third kappa shape index (κ3) is 3.95. The lowest BCUT2D eigenvalue weighted by Crippen LogP contribution is -2.54. The van der Waals surface area contributed by atoms with E-state index in [0.717, 1.165) is 6.07 Å². The molecule has 8 heteroatoms. The molecule has 0 heterocycles. The third-order valence-corrected chi connectivity index (χ3v) is 3.75. The summed E-state index contributed by atoms with van der Waals surface area (Å²) in [4.78, 5) is 0. The first kappa shape index (κ1) is 19.2. The van der Waals surface area contributed by atoms with E-state index in [1.54, 1.807) is 36.4 Å². The van der Waals surface area contributed by atoms with Gasteiger partial charge in [-0.05, 0) is 22.8 Å². The van der Waals surface area contributed by atoms with E-state index in [-0.39, 0.29) is 5.56 Å². The lowest BCUT2D eigenvalue weighted by molar-refractivity contribution is -0.347. The zero-order valence-corrected chi connectivity index (χ0v) is 12.6. The minimum absolute atomic E-state index is 0.239. The van der Waals surface area contributed by atoms with Gasteiger partial charge in [0.2, 0.25) is 0 Å². The van der Waals surface area contributed by atoms with Crippen molar-refractivity contribution in [3.8, 4) is 11.1 Å². The normalized spacial score (nSPS) is 14.4. The molecule has 0 spiro atoms. The molecule has 1 unspecified atom stereocenters. The molecule has 2 aromatic rings. The van der Waals surface area contributed by atoms with Crippen molar-refractivity contribution in [2.75, 3.05) is 0 Å². The van der Waals surface area contributed by atoms with Gasteiger partial charge in [-0.3, -0.25) is 0 Å². The first-order valence-electron chi connectivity index (χ1n) is 7.11. The highest BCUT2D eigenvalue weighted by atomic mass is 19.4. The van der Waals surface area contributed by atoms with Crippen molar-refractivity contribution < 1.29 is 35.8 Å². The Kier molecular flexibility index (Phi) is 5.13. The van der Waals surface area contributed by atoms with Gasteiger partial charge in [0, 0.05) is 6.42 Å². The maximum absolute atomic E-state index is 13.8. The lowest BCUT2D eigenvalue weighted by atomic mass is 9.91. The van der Waals surface area contributed by atoms with Crippen LogP contribution >= 0.6 is 0 Å². The molecular weight excluding hydrogens is 353 g/mol. The quantitative estimate of drug-likeness (QED) is 0.698. The maximum atomic E-state index is 13.8. The van der Waals surface area contributed by atoms with Gasteiger partial charge in [-0.2, -0.15) is 26.3 Å². The van der Waals surface area contributed by atoms with Gasteiger partial charge in [-0.25, -0.2) is 4.39 Å². The second-order valence-corrected chi connectivity index (χ2v) is 5.51. The third-order valence-electron chi connectivity index (χ3n) is 3.75. The van der Waals surface area contributed by atoms with Crippen molar-refractivity contribution >= 4 is 0 Å². The Balaban J connectivity index is 2.33. The first-order chi connectivity index (χ1) is 11.5. The van der Waals surface area contributed by atoms with Crippen molar-refractivity contribution in [3.05, 3.63) is 60.2 Å². The molecule has 0 aliphatic heterocycles. The van der Waals surface area contributed by atoms with Gasteiger partial charge >= 0.3 is 18.0 Å². The van der Waals surface area contributed by atoms with Crippen LogP contribution < -0.4 is 0 Å². The summed E-state index contributed by atoms with van der Waals surface area (Å²) in [7, 11) is 0. The Morgan fingerprint density at radius 2 is 1.24 bits per heavy atom. The molecule has 2 rings (SSSR count). The molecule has 0 saturated carbocycles. The highest BCUT2D eigenvalue weighted by Crippen LogP contribution is 2.50. The van der Waals surface area contributed by atoms with Crippen molar-refractivity contribution in [2.24, 2.45) is 0 Å². The maximum Gasteiger partial charge on any atom is 0.431 e. The summed E-state index contributed by atoms with van der Waals surface area (Å²) in [6, 6.07) is 13.8. The summed E-state index contributed by atoms with van der Waals surface area (Å²) in [5, 5.41) is 9.81. The van der Waals surface area contributed by atoms with Crippen LogP contribution in [0.5, 0.6) is 0 Å². The van der Waals surface area contributed by atoms with E-state index < -0.39 is 30.5 Å². The number of hydrogen-bond acceptors (Lipinski definition) is 1. The van der Waals surface area contributed by atoms with E-state index in [2.05, 4.69) is 0 Å². The predicted molar refractivity (Wildman–Crippen MR) is 77.4 cm³/mol. The monoisotopic (exact) mass is 366 g/mol. The van der Waals surface area contributed by atoms with Crippen LogP contribution in [-0.2, 0) is 0 Å². The summed E-state index contributed by atoms with van der Waals surface area (Å²) >= 11 is 0. The lowest BCUT2D eigenvalue weighted by Gasteiger charge is -2.31. The van der Waals surface area contributed by atoms with Gasteiger partial charge in [0.05, 0.1) is 6.10 Å². The van der Waals surface area contributed by atoms with Gasteiger partial charge in [-0.15, -0.1) is 0 Å². The van der Waals surface area contributed by atoms with E-state index in [9.17, 15) is 35.8 Å². The molecule has 1 nitrogen and oxygen atoms in total. The van der Waals surface area contributed by atoms with Crippen LogP contribution in [-0.4, -0.2) is 23.1 Å². The van der Waals surface area contributed by atoms with Crippen molar-refractivity contribution in [3.63, 3.8) is 0 Å². The van der Waals surface area contributed by atoms with Crippen LogP contribution in [0, 0.1) is 0 Å². The van der Waals surface area contributed by atoms with Crippen LogP contribution in [0.25, 0.3) is 11.1 Å². The van der Waals surface area contributed by atoms with Crippen LogP contribution in [0.3, 0.4) is 0 Å². The Bertz CT molecular complexity index is 693. The Morgan fingerprint density at radius 3 is 1.76 bits per heavy atom. The number of aliphatic hydroxyl groups is 1. The van der Waals surface area contributed by atoms with E-state index >= 15 is 0 Å². The standard InChI is InChI=1S/C17H13F7O/c18-15(16(19,20)21,17(22,23)24)10-14(25)13-8-4-7-12(9-13)11-5-2-1-3-6-11/h1-9,14,25H,10H2. The van der Waals surface area contributed by atoms with Crippen molar-refractivity contribution in [1.82, 2.24) is 0 Å². The first-order valence-corrected chi connectivity index (χ1v) is 7.11. The number of rotatable bonds is 4. The number of aliphatic hydroxyl groups excluding tert-OH is 1. The van der Waals surface area contributed by atoms with Gasteiger partial charge in [0.15, 0.2) is 0 Å². The molecule has 1 atom stereocenters. The van der Waals surface area contributed by atoms with Gasteiger partial charge < -0.3 is 5.11 Å². The summed E-state index contributed by atoms with van der Waals surface area (Å²) in [6.45, 7) is 0. The smallest absolute Gasteiger partial charge is 0.388 e. The van der Waals surface area contributed by atoms with E-state index in [0.29, 0.717) is 11.1 Å². The molecule has 1 N–H and O–H groups in total. The predicted octanol–water partition coefficient (Wildman–Crippen LogP) is 5.61. The molecule has 0 aromatic heterocycles. The molecule has 2 aromatic carbocycles. The minimum Gasteiger partial charge on any atom is -0.388 e. The van der Waals surface area contributed by atoms with E-state index in [4.69, 9.17) is 0 Å². The molecule has 0 saturated heterocycles. The van der Waals surface area contributed by atoms with Gasteiger partial charge in [0.25, 0.3) is 0 Å². The molecule has 0 bridgehead atoms. The minimum atomic E-state index is -6.19. The second-order valence-electron chi connectivity index (χ2n) is 5.51. The fourth-order valence-corrected chi connectivity index (χ4v) is 2.33. The molecular formula is C17H13F7O.